The molecule has 0 aromatic heterocycles. The van der Waals surface area contributed by atoms with E-state index in [-0.39, 0.29) is 5.78 Å². The van der Waals surface area contributed by atoms with Crippen LogP contribution in [0.3, 0.4) is 0 Å². The van der Waals surface area contributed by atoms with Crippen molar-refractivity contribution in [3.63, 3.8) is 0 Å². The van der Waals surface area contributed by atoms with Gasteiger partial charge in [0.25, 0.3) is 0 Å². The van der Waals surface area contributed by atoms with E-state index in [1.54, 1.807) is 32.1 Å². The van der Waals surface area contributed by atoms with Gasteiger partial charge in [-0.3, -0.25) is 4.79 Å². The van der Waals surface area contributed by atoms with Gasteiger partial charge in [-0.2, -0.15) is 0 Å². The SMILES string of the molecule is CCOC(=O)/C=C/C=C(\C)C(=O)c1ccc(C)cc1. The summed E-state index contributed by atoms with van der Waals surface area (Å²) in [7, 11) is 0. The van der Waals surface area contributed by atoms with Crippen molar-refractivity contribution < 1.29 is 14.3 Å². The highest BCUT2D eigenvalue weighted by molar-refractivity contribution is 6.08. The van der Waals surface area contributed by atoms with Crippen molar-refractivity contribution >= 4 is 11.8 Å². The first-order chi connectivity index (χ1) is 9.04. The average Bonchev–Trinajstić information content (AvgIpc) is 2.39. The van der Waals surface area contributed by atoms with Crippen LogP contribution >= 0.6 is 0 Å². The van der Waals surface area contributed by atoms with E-state index in [1.807, 2.05) is 19.1 Å². The van der Waals surface area contributed by atoms with Crippen LogP contribution in [0.4, 0.5) is 0 Å². The molecule has 0 N–H and O–H groups in total. The van der Waals surface area contributed by atoms with Crippen molar-refractivity contribution in [1.82, 2.24) is 0 Å². The summed E-state index contributed by atoms with van der Waals surface area (Å²) >= 11 is 0. The van der Waals surface area contributed by atoms with E-state index in [4.69, 9.17) is 4.74 Å². The quantitative estimate of drug-likeness (QED) is 0.352. The van der Waals surface area contributed by atoms with E-state index in [2.05, 4.69) is 0 Å². The van der Waals surface area contributed by atoms with Gasteiger partial charge in [0.05, 0.1) is 6.61 Å². The smallest absolute Gasteiger partial charge is 0.330 e. The van der Waals surface area contributed by atoms with Crippen LogP contribution in [0.15, 0.2) is 48.1 Å². The number of ether oxygens (including phenoxy) is 1. The summed E-state index contributed by atoms with van der Waals surface area (Å²) in [6.45, 7) is 5.78. The van der Waals surface area contributed by atoms with Gasteiger partial charge in [-0.15, -0.1) is 0 Å². The van der Waals surface area contributed by atoms with Crippen molar-refractivity contribution in [2.45, 2.75) is 20.8 Å². The zero-order valence-electron chi connectivity index (χ0n) is 11.5. The Morgan fingerprint density at radius 2 is 1.84 bits per heavy atom. The Bertz CT molecular complexity index is 507. The molecule has 1 aromatic rings. The maximum absolute atomic E-state index is 12.0. The van der Waals surface area contributed by atoms with Gasteiger partial charge in [0.2, 0.25) is 0 Å². The van der Waals surface area contributed by atoms with Crippen LogP contribution in [0.2, 0.25) is 0 Å². The predicted octanol–water partition coefficient (Wildman–Crippen LogP) is 3.24. The Kier molecular flexibility index (Phi) is 5.73. The topological polar surface area (TPSA) is 43.4 Å². The number of carbonyl (C=O) groups is 2. The molecule has 1 aromatic carbocycles. The largest absolute Gasteiger partial charge is 0.463 e. The molecule has 1 rings (SSSR count). The second-order valence-corrected chi connectivity index (χ2v) is 4.16. The number of esters is 1. The summed E-state index contributed by atoms with van der Waals surface area (Å²) in [4.78, 5) is 23.1. The molecule has 0 amide bonds. The number of rotatable bonds is 5. The molecule has 100 valence electrons. The number of ketones is 1. The second kappa shape index (κ2) is 7.31. The lowest BCUT2D eigenvalue weighted by Crippen LogP contribution is -2.01. The molecule has 0 fully saturated rings. The molecule has 0 aliphatic heterocycles. The third-order valence-electron chi connectivity index (χ3n) is 2.54. The fraction of sp³-hybridized carbons (Fsp3) is 0.250. The molecule has 0 unspecified atom stereocenters. The maximum atomic E-state index is 12.0. The zero-order chi connectivity index (χ0) is 14.3. The van der Waals surface area contributed by atoms with E-state index in [9.17, 15) is 9.59 Å². The Balaban J connectivity index is 2.71. The molecule has 0 aliphatic rings. The molecule has 19 heavy (non-hydrogen) atoms. The lowest BCUT2D eigenvalue weighted by atomic mass is 10.0. The summed E-state index contributed by atoms with van der Waals surface area (Å²) in [6, 6.07) is 7.39. The minimum atomic E-state index is -0.408. The van der Waals surface area contributed by atoms with Crippen LogP contribution in [-0.2, 0) is 9.53 Å². The molecule has 3 nitrogen and oxygen atoms in total. The Morgan fingerprint density at radius 1 is 1.21 bits per heavy atom. The lowest BCUT2D eigenvalue weighted by molar-refractivity contribution is -0.137. The van der Waals surface area contributed by atoms with Gasteiger partial charge >= 0.3 is 5.97 Å². The first kappa shape index (κ1) is 14.9. The second-order valence-electron chi connectivity index (χ2n) is 4.16. The Labute approximate surface area is 113 Å². The van der Waals surface area contributed by atoms with E-state index >= 15 is 0 Å². The normalized spacial score (nSPS) is 11.6. The maximum Gasteiger partial charge on any atom is 0.330 e. The molecule has 0 saturated heterocycles. The summed E-state index contributed by atoms with van der Waals surface area (Å²) < 4.78 is 4.74. The minimum Gasteiger partial charge on any atom is -0.463 e. The number of benzene rings is 1. The first-order valence-electron chi connectivity index (χ1n) is 6.17. The molecule has 3 heteroatoms. The van der Waals surface area contributed by atoms with Crippen LogP contribution in [-0.4, -0.2) is 18.4 Å². The predicted molar refractivity (Wildman–Crippen MR) is 75.0 cm³/mol. The highest BCUT2D eigenvalue weighted by Crippen LogP contribution is 2.09. The fourth-order valence-electron chi connectivity index (χ4n) is 1.47. The lowest BCUT2D eigenvalue weighted by Gasteiger charge is -2.00. The highest BCUT2D eigenvalue weighted by Gasteiger charge is 2.06. The molecule has 0 aliphatic carbocycles. The number of hydrogen-bond acceptors (Lipinski definition) is 3. The van der Waals surface area contributed by atoms with Crippen molar-refractivity contribution in [2.24, 2.45) is 0 Å². The van der Waals surface area contributed by atoms with Crippen molar-refractivity contribution in [2.75, 3.05) is 6.61 Å². The van der Waals surface area contributed by atoms with Crippen molar-refractivity contribution in [3.8, 4) is 0 Å². The molecule has 0 bridgehead atoms. The highest BCUT2D eigenvalue weighted by atomic mass is 16.5. The number of carbonyl (C=O) groups excluding carboxylic acids is 2. The number of Topliss-reactive ketones (excluding diaryl/α,β-unsaturated/α-hetero) is 1. The monoisotopic (exact) mass is 258 g/mol. The third kappa shape index (κ3) is 4.92. The van der Waals surface area contributed by atoms with Gasteiger partial charge in [-0.25, -0.2) is 4.79 Å². The number of allylic oxidation sites excluding steroid dienone is 3. The summed E-state index contributed by atoms with van der Waals surface area (Å²) in [5.41, 5.74) is 2.33. The molecule has 0 saturated carbocycles. The fourth-order valence-corrected chi connectivity index (χ4v) is 1.47. The van der Waals surface area contributed by atoms with Gasteiger partial charge in [0, 0.05) is 11.6 Å². The van der Waals surface area contributed by atoms with Crippen LogP contribution in [0, 0.1) is 6.92 Å². The summed E-state index contributed by atoms with van der Waals surface area (Å²) in [5.74, 6) is -0.456. The molecule has 0 radical (unpaired) electrons. The number of hydrogen-bond donors (Lipinski definition) is 0. The summed E-state index contributed by atoms with van der Waals surface area (Å²) in [6.07, 6.45) is 4.44. The Hall–Kier alpha value is -2.16. The van der Waals surface area contributed by atoms with E-state index in [0.717, 1.165) is 5.56 Å². The van der Waals surface area contributed by atoms with E-state index in [1.165, 1.54) is 12.2 Å². The molecular formula is C16H18O3. The van der Waals surface area contributed by atoms with E-state index < -0.39 is 5.97 Å². The van der Waals surface area contributed by atoms with Gasteiger partial charge in [-0.05, 0) is 26.3 Å². The standard InChI is InChI=1S/C16H18O3/c1-4-19-15(17)7-5-6-13(3)16(18)14-10-8-12(2)9-11-14/h5-11H,4H2,1-3H3/b7-5+,13-6+. The van der Waals surface area contributed by atoms with Crippen molar-refractivity contribution in [3.05, 3.63) is 59.2 Å². The summed E-state index contributed by atoms with van der Waals surface area (Å²) in [5, 5.41) is 0. The third-order valence-corrected chi connectivity index (χ3v) is 2.54. The van der Waals surface area contributed by atoms with Gasteiger partial charge in [0.15, 0.2) is 5.78 Å². The molecule has 0 spiro atoms. The van der Waals surface area contributed by atoms with Crippen LogP contribution < -0.4 is 0 Å². The van der Waals surface area contributed by atoms with E-state index in [0.29, 0.717) is 17.7 Å². The molecule has 0 heterocycles. The van der Waals surface area contributed by atoms with Crippen LogP contribution in [0.5, 0.6) is 0 Å². The van der Waals surface area contributed by atoms with Crippen LogP contribution in [0.25, 0.3) is 0 Å². The Morgan fingerprint density at radius 3 is 2.42 bits per heavy atom. The molecule has 0 atom stereocenters. The average molecular weight is 258 g/mol. The van der Waals surface area contributed by atoms with Gasteiger partial charge < -0.3 is 4.74 Å². The van der Waals surface area contributed by atoms with Crippen LogP contribution in [0.1, 0.15) is 29.8 Å². The molecular weight excluding hydrogens is 240 g/mol. The number of aryl methyl sites for hydroxylation is 1. The van der Waals surface area contributed by atoms with Crippen molar-refractivity contribution in [1.29, 1.82) is 0 Å². The van der Waals surface area contributed by atoms with Gasteiger partial charge in [0.1, 0.15) is 0 Å². The minimum absolute atomic E-state index is 0.0477. The first-order valence-corrected chi connectivity index (χ1v) is 6.17. The van der Waals surface area contributed by atoms with Gasteiger partial charge in [-0.1, -0.05) is 42.0 Å². The zero-order valence-corrected chi connectivity index (χ0v) is 11.5.